The van der Waals surface area contributed by atoms with Crippen molar-refractivity contribution in [2.24, 2.45) is 0 Å². The number of likely N-dealkylation sites (tertiary alicyclic amines) is 1. The van der Waals surface area contributed by atoms with Gasteiger partial charge in [-0.25, -0.2) is 4.98 Å². The lowest BCUT2D eigenvalue weighted by Crippen LogP contribution is -2.42. The number of hydrogen-bond donors (Lipinski definition) is 2. The quantitative estimate of drug-likeness (QED) is 0.875. The number of rotatable bonds is 5. The molecule has 3 rings (SSSR count). The van der Waals surface area contributed by atoms with Gasteiger partial charge in [0.05, 0.1) is 18.3 Å². The van der Waals surface area contributed by atoms with E-state index in [1.54, 1.807) is 23.2 Å². The molecule has 1 amide bonds. The van der Waals surface area contributed by atoms with Gasteiger partial charge < -0.3 is 20.1 Å². The smallest absolute Gasteiger partial charge is 0.257 e. The number of aliphatic hydroxyl groups is 1. The van der Waals surface area contributed by atoms with Gasteiger partial charge in [0.1, 0.15) is 11.6 Å². The van der Waals surface area contributed by atoms with E-state index >= 15 is 0 Å². The highest BCUT2D eigenvalue weighted by molar-refractivity contribution is 5.99. The fourth-order valence-electron chi connectivity index (χ4n) is 2.92. The summed E-state index contributed by atoms with van der Waals surface area (Å²) >= 11 is 0. The van der Waals surface area contributed by atoms with E-state index in [-0.39, 0.29) is 5.91 Å². The first-order chi connectivity index (χ1) is 12.2. The molecule has 1 unspecified atom stereocenters. The second-order valence-corrected chi connectivity index (χ2v) is 6.03. The Bertz CT molecular complexity index is 718. The number of amides is 1. The number of carbonyl (C=O) groups is 1. The van der Waals surface area contributed by atoms with Crippen LogP contribution in [0, 0.1) is 0 Å². The average molecular weight is 341 g/mol. The summed E-state index contributed by atoms with van der Waals surface area (Å²) in [6.07, 6.45) is 2.76. The number of ether oxygens (including phenoxy) is 1. The van der Waals surface area contributed by atoms with Crippen molar-refractivity contribution in [2.45, 2.75) is 25.9 Å². The van der Waals surface area contributed by atoms with E-state index in [2.05, 4.69) is 10.3 Å². The van der Waals surface area contributed by atoms with Crippen LogP contribution in [0.25, 0.3) is 0 Å². The average Bonchev–Trinajstić information content (AvgIpc) is 2.63. The Morgan fingerprint density at radius 3 is 2.88 bits per heavy atom. The SMILES string of the molecule is CCOc1ccc(Nc2ncccc2C(=O)N2CCCC(O)C2)cc1. The van der Waals surface area contributed by atoms with Gasteiger partial charge in [0.15, 0.2) is 0 Å². The van der Waals surface area contributed by atoms with Gasteiger partial charge in [-0.05, 0) is 56.2 Å². The van der Waals surface area contributed by atoms with Crippen molar-refractivity contribution in [3.8, 4) is 5.75 Å². The van der Waals surface area contributed by atoms with Crippen LogP contribution in [0.4, 0.5) is 11.5 Å². The number of carbonyl (C=O) groups excluding carboxylic acids is 1. The van der Waals surface area contributed by atoms with Crippen LogP contribution in [0.15, 0.2) is 42.6 Å². The van der Waals surface area contributed by atoms with Crippen molar-refractivity contribution in [2.75, 3.05) is 25.0 Å². The summed E-state index contributed by atoms with van der Waals surface area (Å²) in [5, 5.41) is 13.0. The maximum Gasteiger partial charge on any atom is 0.257 e. The second-order valence-electron chi connectivity index (χ2n) is 6.03. The molecule has 0 saturated carbocycles. The Hall–Kier alpha value is -2.60. The maximum absolute atomic E-state index is 12.8. The Morgan fingerprint density at radius 2 is 2.16 bits per heavy atom. The van der Waals surface area contributed by atoms with E-state index in [0.717, 1.165) is 24.3 Å². The van der Waals surface area contributed by atoms with Crippen molar-refractivity contribution >= 4 is 17.4 Å². The number of aliphatic hydroxyl groups excluding tert-OH is 1. The molecule has 1 aliphatic rings. The number of pyridine rings is 1. The van der Waals surface area contributed by atoms with E-state index < -0.39 is 6.10 Å². The lowest BCUT2D eigenvalue weighted by atomic mass is 10.1. The molecule has 1 atom stereocenters. The third-order valence-electron chi connectivity index (χ3n) is 4.15. The van der Waals surface area contributed by atoms with Crippen LogP contribution in [0.1, 0.15) is 30.1 Å². The Morgan fingerprint density at radius 1 is 1.36 bits per heavy atom. The highest BCUT2D eigenvalue weighted by atomic mass is 16.5. The van der Waals surface area contributed by atoms with Crippen molar-refractivity contribution in [3.05, 3.63) is 48.2 Å². The van der Waals surface area contributed by atoms with Gasteiger partial charge in [-0.3, -0.25) is 4.79 Å². The minimum absolute atomic E-state index is 0.111. The van der Waals surface area contributed by atoms with Crippen molar-refractivity contribution in [1.82, 2.24) is 9.88 Å². The summed E-state index contributed by atoms with van der Waals surface area (Å²) < 4.78 is 5.43. The lowest BCUT2D eigenvalue weighted by molar-refractivity contribution is 0.0474. The molecule has 1 aromatic carbocycles. The number of hydrogen-bond acceptors (Lipinski definition) is 5. The van der Waals surface area contributed by atoms with Gasteiger partial charge in [0, 0.05) is 25.0 Å². The van der Waals surface area contributed by atoms with E-state index in [1.807, 2.05) is 31.2 Å². The predicted octanol–water partition coefficient (Wildman–Crippen LogP) is 2.82. The Kier molecular flexibility index (Phi) is 5.50. The van der Waals surface area contributed by atoms with E-state index in [4.69, 9.17) is 4.74 Å². The molecule has 2 aromatic rings. The van der Waals surface area contributed by atoms with Gasteiger partial charge in [0.2, 0.25) is 0 Å². The summed E-state index contributed by atoms with van der Waals surface area (Å²) in [4.78, 5) is 18.8. The fourth-order valence-corrected chi connectivity index (χ4v) is 2.92. The molecule has 0 radical (unpaired) electrons. The van der Waals surface area contributed by atoms with Crippen LogP contribution < -0.4 is 10.1 Å². The fraction of sp³-hybridized carbons (Fsp3) is 0.368. The zero-order chi connectivity index (χ0) is 17.6. The van der Waals surface area contributed by atoms with E-state index in [1.165, 1.54) is 0 Å². The molecule has 6 nitrogen and oxygen atoms in total. The van der Waals surface area contributed by atoms with Crippen LogP contribution >= 0.6 is 0 Å². The number of piperidine rings is 1. The van der Waals surface area contributed by atoms with Crippen LogP contribution in [0.3, 0.4) is 0 Å². The number of β-amino-alcohol motifs (C(OH)–C–C–N with tert-alkyl or cyclic N) is 1. The molecule has 6 heteroatoms. The van der Waals surface area contributed by atoms with Gasteiger partial charge in [0.25, 0.3) is 5.91 Å². The summed E-state index contributed by atoms with van der Waals surface area (Å²) in [5.41, 5.74) is 1.33. The highest BCUT2D eigenvalue weighted by Gasteiger charge is 2.25. The number of benzene rings is 1. The second kappa shape index (κ2) is 7.98. The zero-order valence-corrected chi connectivity index (χ0v) is 14.3. The van der Waals surface area contributed by atoms with Crippen molar-refractivity contribution in [3.63, 3.8) is 0 Å². The summed E-state index contributed by atoms with van der Waals surface area (Å²) in [7, 11) is 0. The molecule has 1 aliphatic heterocycles. The minimum Gasteiger partial charge on any atom is -0.494 e. The number of aromatic nitrogens is 1. The summed E-state index contributed by atoms with van der Waals surface area (Å²) in [6, 6.07) is 11.0. The molecule has 0 aliphatic carbocycles. The molecule has 0 spiro atoms. The van der Waals surface area contributed by atoms with Gasteiger partial charge in [-0.15, -0.1) is 0 Å². The molecule has 0 bridgehead atoms. The van der Waals surface area contributed by atoms with Crippen molar-refractivity contribution < 1.29 is 14.6 Å². The molecule has 1 aromatic heterocycles. The van der Waals surface area contributed by atoms with Gasteiger partial charge in [-0.2, -0.15) is 0 Å². The van der Waals surface area contributed by atoms with Crippen LogP contribution in [-0.2, 0) is 0 Å². The van der Waals surface area contributed by atoms with Crippen molar-refractivity contribution in [1.29, 1.82) is 0 Å². The lowest BCUT2D eigenvalue weighted by Gasteiger charge is -2.30. The summed E-state index contributed by atoms with van der Waals surface area (Å²) in [6.45, 7) is 3.59. The standard InChI is InChI=1S/C19H23N3O3/c1-2-25-16-9-7-14(8-10-16)21-18-17(6-3-11-20-18)19(24)22-12-4-5-15(23)13-22/h3,6-11,15,23H,2,4-5,12-13H2,1H3,(H,20,21). The molecule has 2 heterocycles. The predicted molar refractivity (Wildman–Crippen MR) is 96.3 cm³/mol. The largest absolute Gasteiger partial charge is 0.494 e. The van der Waals surface area contributed by atoms with E-state index in [9.17, 15) is 9.90 Å². The van der Waals surface area contributed by atoms with Crippen LogP contribution in [0.2, 0.25) is 0 Å². The third-order valence-corrected chi connectivity index (χ3v) is 4.15. The molecule has 25 heavy (non-hydrogen) atoms. The monoisotopic (exact) mass is 341 g/mol. The van der Waals surface area contributed by atoms with E-state index in [0.29, 0.717) is 31.1 Å². The molecule has 2 N–H and O–H groups in total. The third kappa shape index (κ3) is 4.28. The first-order valence-electron chi connectivity index (χ1n) is 8.59. The first kappa shape index (κ1) is 17.2. The number of nitrogens with zero attached hydrogens (tertiary/aromatic N) is 2. The maximum atomic E-state index is 12.8. The molecular formula is C19H23N3O3. The molecule has 132 valence electrons. The molecular weight excluding hydrogens is 318 g/mol. The minimum atomic E-state index is -0.447. The van der Waals surface area contributed by atoms with Crippen LogP contribution in [-0.4, -0.2) is 46.7 Å². The highest BCUT2D eigenvalue weighted by Crippen LogP contribution is 2.23. The normalized spacial score (nSPS) is 17.2. The molecule has 1 fully saturated rings. The summed E-state index contributed by atoms with van der Waals surface area (Å²) in [5.74, 6) is 1.20. The van der Waals surface area contributed by atoms with Gasteiger partial charge >= 0.3 is 0 Å². The first-order valence-corrected chi connectivity index (χ1v) is 8.59. The molecule has 1 saturated heterocycles. The number of anilines is 2. The van der Waals surface area contributed by atoms with Gasteiger partial charge in [-0.1, -0.05) is 0 Å². The Balaban J connectivity index is 1.77. The topological polar surface area (TPSA) is 74.7 Å². The van der Waals surface area contributed by atoms with Crippen LogP contribution in [0.5, 0.6) is 5.75 Å². The Labute approximate surface area is 147 Å². The number of nitrogens with one attached hydrogen (secondary N) is 1. The zero-order valence-electron chi connectivity index (χ0n) is 14.3.